The maximum absolute atomic E-state index is 13.5. The molecule has 2 fully saturated rings. The van der Waals surface area contributed by atoms with Gasteiger partial charge in [0, 0.05) is 43.9 Å². The lowest BCUT2D eigenvalue weighted by Crippen LogP contribution is -2.48. The number of hydrogen-bond donors (Lipinski definition) is 0. The van der Waals surface area contributed by atoms with Gasteiger partial charge in [-0.1, -0.05) is 42.0 Å². The lowest BCUT2D eigenvalue weighted by atomic mass is 9.94. The van der Waals surface area contributed by atoms with Crippen LogP contribution in [0, 0.1) is 12.8 Å². The van der Waals surface area contributed by atoms with E-state index in [0.717, 1.165) is 56.7 Å². The van der Waals surface area contributed by atoms with Crippen molar-refractivity contribution in [2.75, 3.05) is 32.7 Å². The van der Waals surface area contributed by atoms with E-state index in [1.165, 1.54) is 5.56 Å². The molecule has 2 saturated heterocycles. The quantitative estimate of drug-likeness (QED) is 0.505. The number of aryl methyl sites for hydroxylation is 1. The summed E-state index contributed by atoms with van der Waals surface area (Å²) in [6.07, 6.45) is 4.38. The molecule has 0 spiro atoms. The largest absolute Gasteiger partial charge is 0.436 e. The summed E-state index contributed by atoms with van der Waals surface area (Å²) in [6, 6.07) is 15.8. The number of piperidine rings is 1. The maximum atomic E-state index is 13.5. The number of benzene rings is 2. The lowest BCUT2D eigenvalue weighted by Gasteiger charge is -2.39. The Morgan fingerprint density at radius 1 is 1.00 bits per heavy atom. The van der Waals surface area contributed by atoms with Crippen LogP contribution in [0.1, 0.15) is 42.6 Å². The first-order valence-corrected chi connectivity index (χ1v) is 12.8. The first kappa shape index (κ1) is 23.8. The van der Waals surface area contributed by atoms with Crippen LogP contribution in [0.2, 0.25) is 0 Å². The Bertz CT molecular complexity index is 1140. The van der Waals surface area contributed by atoms with Crippen LogP contribution in [-0.2, 0) is 4.74 Å². The van der Waals surface area contributed by atoms with Gasteiger partial charge < -0.3 is 14.1 Å². The van der Waals surface area contributed by atoms with E-state index in [1.54, 1.807) is 6.20 Å². The Labute approximate surface area is 207 Å². The van der Waals surface area contributed by atoms with Crippen molar-refractivity contribution in [3.8, 4) is 22.8 Å². The number of morpholine rings is 1. The van der Waals surface area contributed by atoms with Crippen molar-refractivity contribution < 1.29 is 13.9 Å². The van der Waals surface area contributed by atoms with Gasteiger partial charge in [0.15, 0.2) is 5.76 Å². The molecule has 3 aromatic rings. The molecule has 1 amide bonds. The first-order chi connectivity index (χ1) is 17.0. The Hall–Kier alpha value is -2.96. The highest BCUT2D eigenvalue weighted by molar-refractivity contribution is 6.00. The number of hydrogen-bond acceptors (Lipinski definition) is 5. The fourth-order valence-electron chi connectivity index (χ4n) is 5.39. The second-order valence-electron chi connectivity index (χ2n) is 10.2. The Morgan fingerprint density at radius 2 is 1.69 bits per heavy atom. The summed E-state index contributed by atoms with van der Waals surface area (Å²) in [6.45, 7) is 11.0. The van der Waals surface area contributed by atoms with Crippen molar-refractivity contribution in [3.63, 3.8) is 0 Å². The van der Waals surface area contributed by atoms with Gasteiger partial charge in [-0.25, -0.2) is 4.98 Å². The molecule has 1 aromatic heterocycles. The van der Waals surface area contributed by atoms with Crippen LogP contribution < -0.4 is 0 Å². The average molecular weight is 474 g/mol. The number of nitrogens with zero attached hydrogens (tertiary/aromatic N) is 3. The number of likely N-dealkylation sites (tertiary alicyclic amines) is 1. The van der Waals surface area contributed by atoms with Gasteiger partial charge in [0.1, 0.15) is 0 Å². The molecule has 184 valence electrons. The first-order valence-electron chi connectivity index (χ1n) is 12.8. The van der Waals surface area contributed by atoms with E-state index in [9.17, 15) is 4.79 Å². The number of aromatic nitrogens is 1. The molecular formula is C29H35N3O3. The normalized spacial score (nSPS) is 21.9. The number of ether oxygens (including phenoxy) is 1. The Kier molecular flexibility index (Phi) is 7.02. The number of carbonyl (C=O) groups is 1. The van der Waals surface area contributed by atoms with Crippen molar-refractivity contribution in [2.45, 2.75) is 45.8 Å². The van der Waals surface area contributed by atoms with Gasteiger partial charge >= 0.3 is 0 Å². The van der Waals surface area contributed by atoms with Gasteiger partial charge in [-0.2, -0.15) is 0 Å². The van der Waals surface area contributed by atoms with Crippen LogP contribution in [0.25, 0.3) is 22.8 Å². The summed E-state index contributed by atoms with van der Waals surface area (Å²) < 4.78 is 12.0. The molecule has 2 atom stereocenters. The number of amides is 1. The molecule has 0 bridgehead atoms. The predicted octanol–water partition coefficient (Wildman–Crippen LogP) is 5.28. The van der Waals surface area contributed by atoms with Crippen LogP contribution >= 0.6 is 0 Å². The van der Waals surface area contributed by atoms with Crippen molar-refractivity contribution in [3.05, 3.63) is 65.9 Å². The lowest BCUT2D eigenvalue weighted by molar-refractivity contribution is -0.0728. The summed E-state index contributed by atoms with van der Waals surface area (Å²) >= 11 is 0. The fourth-order valence-corrected chi connectivity index (χ4v) is 5.39. The predicted molar refractivity (Wildman–Crippen MR) is 137 cm³/mol. The van der Waals surface area contributed by atoms with Crippen LogP contribution in [0.15, 0.2) is 59.1 Å². The molecule has 0 N–H and O–H groups in total. The van der Waals surface area contributed by atoms with E-state index in [0.29, 0.717) is 35.3 Å². The van der Waals surface area contributed by atoms with E-state index >= 15 is 0 Å². The van der Waals surface area contributed by atoms with E-state index in [-0.39, 0.29) is 5.91 Å². The molecule has 35 heavy (non-hydrogen) atoms. The van der Waals surface area contributed by atoms with Crippen molar-refractivity contribution in [1.29, 1.82) is 0 Å². The molecule has 0 unspecified atom stereocenters. The minimum absolute atomic E-state index is 0.0581. The van der Waals surface area contributed by atoms with Crippen LogP contribution in [0.5, 0.6) is 0 Å². The molecule has 2 aliphatic heterocycles. The van der Waals surface area contributed by atoms with E-state index in [2.05, 4.69) is 42.8 Å². The summed E-state index contributed by atoms with van der Waals surface area (Å²) in [5.74, 6) is 1.86. The van der Waals surface area contributed by atoms with Gasteiger partial charge in [0.2, 0.25) is 5.89 Å². The van der Waals surface area contributed by atoms with Gasteiger partial charge in [-0.15, -0.1) is 0 Å². The van der Waals surface area contributed by atoms with E-state index < -0.39 is 0 Å². The summed E-state index contributed by atoms with van der Waals surface area (Å²) in [5.41, 5.74) is 3.57. The summed E-state index contributed by atoms with van der Waals surface area (Å²) in [4.78, 5) is 22.6. The highest BCUT2D eigenvalue weighted by Gasteiger charge is 2.29. The number of oxazole rings is 1. The highest BCUT2D eigenvalue weighted by atomic mass is 16.5. The maximum Gasteiger partial charge on any atom is 0.254 e. The molecule has 2 aromatic carbocycles. The molecule has 5 rings (SSSR count). The van der Waals surface area contributed by atoms with Gasteiger partial charge in [0.25, 0.3) is 5.91 Å². The summed E-state index contributed by atoms with van der Waals surface area (Å²) in [5, 5.41) is 0. The smallest absolute Gasteiger partial charge is 0.254 e. The SMILES string of the molecule is Cc1ccc(-c2cnc(-c3ccccc3C(=O)N3CCC(CN4C[C@@H](C)O[C@@H](C)C4)CC3)o2)cc1. The minimum atomic E-state index is 0.0581. The zero-order valence-electron chi connectivity index (χ0n) is 20.9. The van der Waals surface area contributed by atoms with E-state index in [1.807, 2.05) is 41.3 Å². The standard InChI is InChI=1S/C29H35N3O3/c1-20-8-10-24(11-9-20)27-16-30-28(35-27)25-6-4-5-7-26(25)29(33)32-14-12-23(13-15-32)19-31-17-21(2)34-22(3)18-31/h4-11,16,21-23H,12-15,17-19H2,1-3H3/t21-,22+. The third kappa shape index (κ3) is 5.49. The van der Waals surface area contributed by atoms with E-state index in [4.69, 9.17) is 9.15 Å². The average Bonchev–Trinajstić information content (AvgIpc) is 3.34. The molecule has 0 radical (unpaired) electrons. The van der Waals surface area contributed by atoms with Crippen molar-refractivity contribution >= 4 is 5.91 Å². The fraction of sp³-hybridized carbons (Fsp3) is 0.448. The number of carbonyl (C=O) groups excluding carboxylic acids is 1. The van der Waals surface area contributed by atoms with Crippen molar-refractivity contribution in [1.82, 2.24) is 14.8 Å². The topological polar surface area (TPSA) is 58.8 Å². The van der Waals surface area contributed by atoms with Crippen molar-refractivity contribution in [2.24, 2.45) is 5.92 Å². The second kappa shape index (κ2) is 10.3. The second-order valence-corrected chi connectivity index (χ2v) is 10.2. The zero-order valence-corrected chi connectivity index (χ0v) is 20.9. The molecule has 3 heterocycles. The molecule has 0 saturated carbocycles. The molecular weight excluding hydrogens is 438 g/mol. The van der Waals surface area contributed by atoms with Gasteiger partial charge in [-0.05, 0) is 51.7 Å². The summed E-state index contributed by atoms with van der Waals surface area (Å²) in [7, 11) is 0. The monoisotopic (exact) mass is 473 g/mol. The molecule has 0 aliphatic carbocycles. The zero-order chi connectivity index (χ0) is 24.4. The molecule has 6 heteroatoms. The molecule has 6 nitrogen and oxygen atoms in total. The Morgan fingerprint density at radius 3 is 2.40 bits per heavy atom. The molecule has 2 aliphatic rings. The van der Waals surface area contributed by atoms with Gasteiger partial charge in [0.05, 0.1) is 24.0 Å². The van der Waals surface area contributed by atoms with Crippen LogP contribution in [0.4, 0.5) is 0 Å². The number of rotatable bonds is 5. The third-order valence-corrected chi connectivity index (χ3v) is 7.14. The highest BCUT2D eigenvalue weighted by Crippen LogP contribution is 2.30. The minimum Gasteiger partial charge on any atom is -0.436 e. The van der Waals surface area contributed by atoms with Crippen LogP contribution in [0.3, 0.4) is 0 Å². The van der Waals surface area contributed by atoms with Crippen LogP contribution in [-0.4, -0.2) is 65.6 Å². The Balaban J connectivity index is 1.25. The van der Waals surface area contributed by atoms with Gasteiger partial charge in [-0.3, -0.25) is 9.69 Å². The third-order valence-electron chi connectivity index (χ3n) is 7.14.